The number of amidine groups is 1. The standard InChI is InChI=1S/C22H25N3O4/c1-2-9-25(18-6-3-15(4-7-18)21(23)24)22(28)16-5-8-19-17(12-16)10-14(13-29-19)11-20(26)27/h3-8,12,14H,2,9-11,13H2,1H3,(H3,23,24)(H,26,27). The van der Waals surface area contributed by atoms with Crippen molar-refractivity contribution in [1.29, 1.82) is 5.41 Å². The van der Waals surface area contributed by atoms with Gasteiger partial charge in [0, 0.05) is 29.3 Å². The summed E-state index contributed by atoms with van der Waals surface area (Å²) in [4.78, 5) is 25.9. The maximum absolute atomic E-state index is 13.2. The van der Waals surface area contributed by atoms with Crippen LogP contribution in [0, 0.1) is 11.3 Å². The fraction of sp³-hybridized carbons (Fsp3) is 0.318. The first-order chi connectivity index (χ1) is 13.9. The number of anilines is 1. The highest BCUT2D eigenvalue weighted by Crippen LogP contribution is 2.30. The molecule has 4 N–H and O–H groups in total. The number of carboxylic acids is 1. The molecule has 0 fully saturated rings. The lowest BCUT2D eigenvalue weighted by atomic mass is 9.93. The quantitative estimate of drug-likeness (QED) is 0.492. The number of amides is 1. The van der Waals surface area contributed by atoms with E-state index in [4.69, 9.17) is 21.0 Å². The number of nitrogen functional groups attached to an aromatic ring is 1. The van der Waals surface area contributed by atoms with Gasteiger partial charge in [-0.05, 0) is 60.9 Å². The molecule has 0 saturated carbocycles. The minimum atomic E-state index is -0.850. The lowest BCUT2D eigenvalue weighted by Gasteiger charge is -2.26. The van der Waals surface area contributed by atoms with Crippen molar-refractivity contribution in [2.75, 3.05) is 18.1 Å². The van der Waals surface area contributed by atoms with Gasteiger partial charge in [0.2, 0.25) is 0 Å². The van der Waals surface area contributed by atoms with Gasteiger partial charge in [0.15, 0.2) is 0 Å². The lowest BCUT2D eigenvalue weighted by molar-refractivity contribution is -0.138. The van der Waals surface area contributed by atoms with Crippen LogP contribution >= 0.6 is 0 Å². The lowest BCUT2D eigenvalue weighted by Crippen LogP contribution is -2.32. The molecule has 1 aliphatic heterocycles. The summed E-state index contributed by atoms with van der Waals surface area (Å²) in [5, 5.41) is 16.5. The Morgan fingerprint density at radius 1 is 1.21 bits per heavy atom. The van der Waals surface area contributed by atoms with Crippen LogP contribution in [0.15, 0.2) is 42.5 Å². The van der Waals surface area contributed by atoms with Crippen LogP contribution in [0.25, 0.3) is 0 Å². The summed E-state index contributed by atoms with van der Waals surface area (Å²) < 4.78 is 5.68. The van der Waals surface area contributed by atoms with Gasteiger partial charge in [0.1, 0.15) is 11.6 Å². The van der Waals surface area contributed by atoms with Crippen molar-refractivity contribution in [1.82, 2.24) is 0 Å². The topological polar surface area (TPSA) is 117 Å². The van der Waals surface area contributed by atoms with E-state index in [0.717, 1.165) is 17.7 Å². The van der Waals surface area contributed by atoms with E-state index < -0.39 is 5.97 Å². The maximum atomic E-state index is 13.2. The Balaban J connectivity index is 1.85. The van der Waals surface area contributed by atoms with Gasteiger partial charge in [0.25, 0.3) is 5.91 Å². The highest BCUT2D eigenvalue weighted by atomic mass is 16.5. The Labute approximate surface area is 169 Å². The van der Waals surface area contributed by atoms with Crippen molar-refractivity contribution in [3.8, 4) is 5.75 Å². The molecule has 0 radical (unpaired) electrons. The number of nitrogens with two attached hydrogens (primary N) is 1. The van der Waals surface area contributed by atoms with E-state index in [9.17, 15) is 9.59 Å². The van der Waals surface area contributed by atoms with Gasteiger partial charge in [-0.3, -0.25) is 15.0 Å². The van der Waals surface area contributed by atoms with Crippen LogP contribution in [0.2, 0.25) is 0 Å². The third kappa shape index (κ3) is 4.74. The van der Waals surface area contributed by atoms with E-state index in [1.54, 1.807) is 47.4 Å². The van der Waals surface area contributed by atoms with Gasteiger partial charge in [-0.25, -0.2) is 0 Å². The number of aliphatic carboxylic acids is 1. The Bertz CT molecular complexity index is 924. The second kappa shape index (κ2) is 8.77. The number of carbonyl (C=O) groups excluding carboxylic acids is 1. The normalized spacial score (nSPS) is 15.1. The second-order valence-corrected chi connectivity index (χ2v) is 7.22. The average Bonchev–Trinajstić information content (AvgIpc) is 2.70. The number of rotatable bonds is 7. The second-order valence-electron chi connectivity index (χ2n) is 7.22. The Morgan fingerprint density at radius 2 is 1.90 bits per heavy atom. The Kier molecular flexibility index (Phi) is 6.16. The first-order valence-corrected chi connectivity index (χ1v) is 9.63. The molecule has 7 heteroatoms. The maximum Gasteiger partial charge on any atom is 0.303 e. The van der Waals surface area contributed by atoms with Gasteiger partial charge < -0.3 is 20.5 Å². The third-order valence-corrected chi connectivity index (χ3v) is 4.94. The number of benzene rings is 2. The fourth-order valence-electron chi connectivity index (χ4n) is 3.52. The molecule has 7 nitrogen and oxygen atoms in total. The van der Waals surface area contributed by atoms with Crippen LogP contribution in [0.4, 0.5) is 5.69 Å². The minimum Gasteiger partial charge on any atom is -0.493 e. The average molecular weight is 395 g/mol. The van der Waals surface area contributed by atoms with Crippen LogP contribution in [-0.4, -0.2) is 36.0 Å². The van der Waals surface area contributed by atoms with Crippen molar-refractivity contribution in [2.24, 2.45) is 11.7 Å². The molecular weight excluding hydrogens is 370 g/mol. The number of ether oxygens (including phenoxy) is 1. The Hall–Kier alpha value is -3.35. The molecule has 0 aliphatic carbocycles. The molecule has 0 saturated heterocycles. The zero-order chi connectivity index (χ0) is 21.0. The van der Waals surface area contributed by atoms with E-state index in [2.05, 4.69) is 0 Å². The van der Waals surface area contributed by atoms with E-state index >= 15 is 0 Å². The van der Waals surface area contributed by atoms with E-state index in [1.165, 1.54) is 0 Å². The molecule has 1 unspecified atom stereocenters. The monoisotopic (exact) mass is 395 g/mol. The summed E-state index contributed by atoms with van der Waals surface area (Å²) in [7, 11) is 0. The van der Waals surface area contributed by atoms with Gasteiger partial charge in [-0.15, -0.1) is 0 Å². The number of hydrogen-bond donors (Lipinski definition) is 3. The van der Waals surface area contributed by atoms with E-state index in [1.807, 2.05) is 6.92 Å². The molecule has 0 aromatic heterocycles. The van der Waals surface area contributed by atoms with Gasteiger partial charge in [-0.1, -0.05) is 6.92 Å². The summed E-state index contributed by atoms with van der Waals surface area (Å²) in [6.45, 7) is 2.92. The zero-order valence-corrected chi connectivity index (χ0v) is 16.4. The summed E-state index contributed by atoms with van der Waals surface area (Å²) in [5.41, 5.74) is 8.24. The summed E-state index contributed by atoms with van der Waals surface area (Å²) >= 11 is 0. The fourth-order valence-corrected chi connectivity index (χ4v) is 3.52. The first-order valence-electron chi connectivity index (χ1n) is 9.63. The minimum absolute atomic E-state index is 0.0180. The van der Waals surface area contributed by atoms with Crippen molar-refractivity contribution < 1.29 is 19.4 Å². The summed E-state index contributed by atoms with van der Waals surface area (Å²) in [5.74, 6) is -0.397. The number of nitrogens with zero attached hydrogens (tertiary/aromatic N) is 1. The van der Waals surface area contributed by atoms with Crippen molar-refractivity contribution in [3.05, 3.63) is 59.2 Å². The van der Waals surface area contributed by atoms with Crippen LogP contribution < -0.4 is 15.4 Å². The van der Waals surface area contributed by atoms with Crippen molar-refractivity contribution in [2.45, 2.75) is 26.2 Å². The molecule has 3 rings (SSSR count). The largest absolute Gasteiger partial charge is 0.493 e. The smallest absolute Gasteiger partial charge is 0.303 e. The van der Waals surface area contributed by atoms with Crippen LogP contribution in [0.1, 0.15) is 41.3 Å². The van der Waals surface area contributed by atoms with Gasteiger partial charge >= 0.3 is 5.97 Å². The van der Waals surface area contributed by atoms with Crippen molar-refractivity contribution >= 4 is 23.4 Å². The van der Waals surface area contributed by atoms with E-state index in [0.29, 0.717) is 36.4 Å². The van der Waals surface area contributed by atoms with Crippen LogP contribution in [0.3, 0.4) is 0 Å². The highest BCUT2D eigenvalue weighted by Gasteiger charge is 2.24. The molecule has 0 spiro atoms. The molecule has 1 atom stereocenters. The number of carboxylic acid groups (broad SMARTS) is 1. The molecule has 29 heavy (non-hydrogen) atoms. The van der Waals surface area contributed by atoms with Crippen molar-refractivity contribution in [3.63, 3.8) is 0 Å². The van der Waals surface area contributed by atoms with Gasteiger partial charge in [-0.2, -0.15) is 0 Å². The highest BCUT2D eigenvalue weighted by molar-refractivity contribution is 6.06. The molecule has 1 aliphatic rings. The van der Waals surface area contributed by atoms with Gasteiger partial charge in [0.05, 0.1) is 13.0 Å². The SMILES string of the molecule is CCCN(C(=O)c1ccc2c(c1)CC(CC(=O)O)CO2)c1ccc(C(=N)N)cc1. The summed E-state index contributed by atoms with van der Waals surface area (Å²) in [6, 6.07) is 12.4. The molecule has 2 aromatic rings. The molecule has 152 valence electrons. The van der Waals surface area contributed by atoms with E-state index in [-0.39, 0.29) is 24.1 Å². The number of carbonyl (C=O) groups is 2. The Morgan fingerprint density at radius 3 is 2.52 bits per heavy atom. The predicted octanol–water partition coefficient (Wildman–Crippen LogP) is 3.05. The molecule has 0 bridgehead atoms. The first kappa shape index (κ1) is 20.4. The zero-order valence-electron chi connectivity index (χ0n) is 16.4. The molecule has 1 heterocycles. The third-order valence-electron chi connectivity index (χ3n) is 4.94. The molecule has 1 amide bonds. The molecular formula is C22H25N3O4. The van der Waals surface area contributed by atoms with Crippen LogP contribution in [-0.2, 0) is 11.2 Å². The molecule has 2 aromatic carbocycles. The predicted molar refractivity (Wildman–Crippen MR) is 111 cm³/mol. The van der Waals surface area contributed by atoms with Crippen LogP contribution in [0.5, 0.6) is 5.75 Å². The number of nitrogens with one attached hydrogen (secondary N) is 1. The number of hydrogen-bond acceptors (Lipinski definition) is 4. The number of fused-ring (bicyclic) bond motifs is 1. The summed E-state index contributed by atoms with van der Waals surface area (Å²) in [6.07, 6.45) is 1.40.